The van der Waals surface area contributed by atoms with Crippen LogP contribution in [0.4, 0.5) is 26.3 Å². The van der Waals surface area contributed by atoms with Crippen LogP contribution in [0.15, 0.2) is 66.9 Å². The number of aliphatic hydroxyl groups is 1. The fraction of sp³-hybridized carbons (Fsp3) is 0.370. The molecule has 37 heavy (non-hydrogen) atoms. The van der Waals surface area contributed by atoms with Crippen LogP contribution in [0.2, 0.25) is 0 Å². The van der Waals surface area contributed by atoms with E-state index in [0.717, 1.165) is 62.7 Å². The third-order valence-electron chi connectivity index (χ3n) is 6.79. The quantitative estimate of drug-likeness (QED) is 0.422. The van der Waals surface area contributed by atoms with Crippen LogP contribution in [0.25, 0.3) is 11.1 Å². The summed E-state index contributed by atoms with van der Waals surface area (Å²) in [6, 6.07) is 15.0. The highest BCUT2D eigenvalue weighted by molar-refractivity contribution is 5.64. The Hall–Kier alpha value is -2.95. The maximum atomic E-state index is 13.1. The lowest BCUT2D eigenvalue weighted by molar-refractivity contribution is -0.376. The van der Waals surface area contributed by atoms with Gasteiger partial charge in [0.1, 0.15) is 0 Å². The highest BCUT2D eigenvalue weighted by Crippen LogP contribution is 2.50. The van der Waals surface area contributed by atoms with Crippen molar-refractivity contribution in [2.75, 3.05) is 26.2 Å². The summed E-state index contributed by atoms with van der Waals surface area (Å²) < 4.78 is 78.6. The first-order valence-corrected chi connectivity index (χ1v) is 11.8. The van der Waals surface area contributed by atoms with E-state index >= 15 is 0 Å². The first kappa shape index (κ1) is 27.1. The molecule has 0 aliphatic carbocycles. The van der Waals surface area contributed by atoms with Gasteiger partial charge in [0.15, 0.2) is 0 Å². The molecule has 3 aromatic rings. The number of alkyl halides is 6. The van der Waals surface area contributed by atoms with Gasteiger partial charge in [-0.1, -0.05) is 54.6 Å². The highest BCUT2D eigenvalue weighted by atomic mass is 19.4. The van der Waals surface area contributed by atoms with E-state index < -0.39 is 23.5 Å². The molecular weight excluding hydrogens is 496 g/mol. The van der Waals surface area contributed by atoms with Crippen LogP contribution in [0, 0.1) is 6.92 Å². The molecule has 4 nitrogen and oxygen atoms in total. The maximum Gasteiger partial charge on any atom is 0.430 e. The summed E-state index contributed by atoms with van der Waals surface area (Å²) >= 11 is 0. The molecule has 1 saturated heterocycles. The smallest absolute Gasteiger partial charge is 0.369 e. The van der Waals surface area contributed by atoms with Crippen molar-refractivity contribution in [2.45, 2.75) is 38.0 Å². The van der Waals surface area contributed by atoms with Gasteiger partial charge in [0, 0.05) is 56.7 Å². The molecule has 2 aromatic carbocycles. The van der Waals surface area contributed by atoms with Crippen molar-refractivity contribution in [3.05, 3.63) is 89.2 Å². The fourth-order valence-electron chi connectivity index (χ4n) is 4.48. The molecule has 2 heterocycles. The lowest BCUT2D eigenvalue weighted by Crippen LogP contribution is -2.53. The highest BCUT2D eigenvalue weighted by Gasteiger charge is 2.71. The van der Waals surface area contributed by atoms with Gasteiger partial charge in [0.05, 0.1) is 0 Å². The normalized spacial score (nSPS) is 16.2. The topological polar surface area (TPSA) is 39.6 Å². The van der Waals surface area contributed by atoms with E-state index in [2.05, 4.69) is 20.9 Å². The second-order valence-corrected chi connectivity index (χ2v) is 9.28. The number of piperazine rings is 1. The zero-order chi connectivity index (χ0) is 26.8. The van der Waals surface area contributed by atoms with Crippen LogP contribution < -0.4 is 0 Å². The fourth-order valence-corrected chi connectivity index (χ4v) is 4.48. The van der Waals surface area contributed by atoms with Crippen LogP contribution in [-0.2, 0) is 18.7 Å². The molecule has 0 bridgehead atoms. The molecule has 0 spiro atoms. The van der Waals surface area contributed by atoms with Crippen molar-refractivity contribution in [3.8, 4) is 11.1 Å². The molecular formula is C27H27F6N3O. The largest absolute Gasteiger partial charge is 0.430 e. The SMILES string of the molecule is Cc1ncccc1CN1CCN(Cc2ccc(-c3ccc(C(O)(C(F)(F)F)C(F)(F)F)cc3)cc2)CC1. The zero-order valence-electron chi connectivity index (χ0n) is 20.2. The van der Waals surface area contributed by atoms with E-state index in [-0.39, 0.29) is 0 Å². The molecule has 1 N–H and O–H groups in total. The van der Waals surface area contributed by atoms with Crippen LogP contribution in [0.1, 0.15) is 22.4 Å². The third-order valence-corrected chi connectivity index (χ3v) is 6.79. The van der Waals surface area contributed by atoms with Crippen LogP contribution in [0.5, 0.6) is 0 Å². The van der Waals surface area contributed by atoms with Gasteiger partial charge in [-0.25, -0.2) is 0 Å². The molecule has 1 aliphatic heterocycles. The first-order valence-electron chi connectivity index (χ1n) is 11.8. The summed E-state index contributed by atoms with van der Waals surface area (Å²) in [5.74, 6) is 0. The first-order chi connectivity index (χ1) is 17.4. The van der Waals surface area contributed by atoms with Crippen molar-refractivity contribution >= 4 is 0 Å². The number of rotatable bonds is 6. The average molecular weight is 524 g/mol. The van der Waals surface area contributed by atoms with Crippen molar-refractivity contribution < 1.29 is 31.4 Å². The van der Waals surface area contributed by atoms with Gasteiger partial charge in [-0.15, -0.1) is 0 Å². The number of halogens is 6. The second-order valence-electron chi connectivity index (χ2n) is 9.28. The van der Waals surface area contributed by atoms with Crippen molar-refractivity contribution in [2.24, 2.45) is 0 Å². The number of hydrogen-bond acceptors (Lipinski definition) is 4. The zero-order valence-corrected chi connectivity index (χ0v) is 20.2. The molecule has 0 atom stereocenters. The number of benzene rings is 2. The Kier molecular flexibility index (Phi) is 7.64. The Morgan fingerprint density at radius 1 is 0.730 bits per heavy atom. The monoisotopic (exact) mass is 523 g/mol. The van der Waals surface area contributed by atoms with E-state index in [1.54, 1.807) is 18.3 Å². The summed E-state index contributed by atoms with van der Waals surface area (Å²) in [6.07, 6.45) is -10.0. The van der Waals surface area contributed by atoms with E-state index in [0.29, 0.717) is 23.3 Å². The lowest BCUT2D eigenvalue weighted by atomic mass is 9.90. The van der Waals surface area contributed by atoms with Crippen molar-refractivity contribution in [3.63, 3.8) is 0 Å². The standard InChI is InChI=1S/C27H27F6N3O/c1-19-23(3-2-12-34-19)18-36-15-13-35(14-16-36)17-20-4-6-21(7-5-20)22-8-10-24(11-9-22)25(37,26(28,29)30)27(31,32)33/h2-12,37H,13-18H2,1H3. The third kappa shape index (κ3) is 5.81. The summed E-state index contributed by atoms with van der Waals surface area (Å²) in [6.45, 7) is 7.29. The molecule has 1 fully saturated rings. The van der Waals surface area contributed by atoms with Gasteiger partial charge < -0.3 is 5.11 Å². The minimum atomic E-state index is -5.91. The minimum absolute atomic E-state index is 0.446. The Morgan fingerprint density at radius 3 is 1.70 bits per heavy atom. The number of pyridine rings is 1. The van der Waals surface area contributed by atoms with Gasteiger partial charge >= 0.3 is 12.4 Å². The van der Waals surface area contributed by atoms with E-state index in [1.807, 2.05) is 25.1 Å². The number of aromatic nitrogens is 1. The Morgan fingerprint density at radius 2 is 1.22 bits per heavy atom. The Labute approximate surface area is 211 Å². The molecule has 0 saturated carbocycles. The van der Waals surface area contributed by atoms with Crippen molar-refractivity contribution in [1.29, 1.82) is 0 Å². The summed E-state index contributed by atoms with van der Waals surface area (Å²) in [4.78, 5) is 9.07. The van der Waals surface area contributed by atoms with Crippen molar-refractivity contribution in [1.82, 2.24) is 14.8 Å². The number of nitrogens with zero attached hydrogens (tertiary/aromatic N) is 3. The lowest BCUT2D eigenvalue weighted by Gasteiger charge is -2.35. The molecule has 198 valence electrons. The molecule has 0 radical (unpaired) electrons. The summed E-state index contributed by atoms with van der Waals surface area (Å²) in [5.41, 5.74) is -1.79. The predicted octanol–water partition coefficient (Wildman–Crippen LogP) is 5.69. The second kappa shape index (κ2) is 10.4. The maximum absolute atomic E-state index is 13.1. The van der Waals surface area contributed by atoms with E-state index in [1.165, 1.54) is 5.56 Å². The molecule has 4 rings (SSSR count). The molecule has 0 unspecified atom stereocenters. The molecule has 1 aliphatic rings. The average Bonchev–Trinajstić information content (AvgIpc) is 2.85. The summed E-state index contributed by atoms with van der Waals surface area (Å²) in [5, 5.41) is 9.55. The van der Waals surface area contributed by atoms with Gasteiger partial charge in [-0.3, -0.25) is 14.8 Å². The van der Waals surface area contributed by atoms with Crippen LogP contribution in [0.3, 0.4) is 0 Å². The van der Waals surface area contributed by atoms with Gasteiger partial charge in [0.25, 0.3) is 5.60 Å². The van der Waals surface area contributed by atoms with Crippen LogP contribution >= 0.6 is 0 Å². The Bertz CT molecular complexity index is 1170. The number of hydrogen-bond donors (Lipinski definition) is 1. The molecule has 1 aromatic heterocycles. The minimum Gasteiger partial charge on any atom is -0.369 e. The number of aryl methyl sites for hydroxylation is 1. The van der Waals surface area contributed by atoms with Gasteiger partial charge in [-0.05, 0) is 35.2 Å². The molecule has 10 heteroatoms. The van der Waals surface area contributed by atoms with E-state index in [9.17, 15) is 31.4 Å². The van der Waals surface area contributed by atoms with E-state index in [4.69, 9.17) is 0 Å². The Balaban J connectivity index is 1.36. The summed E-state index contributed by atoms with van der Waals surface area (Å²) in [7, 11) is 0. The van der Waals surface area contributed by atoms with Gasteiger partial charge in [-0.2, -0.15) is 26.3 Å². The molecule has 0 amide bonds. The van der Waals surface area contributed by atoms with Crippen LogP contribution in [-0.4, -0.2) is 58.4 Å². The predicted molar refractivity (Wildman–Crippen MR) is 127 cm³/mol. The van der Waals surface area contributed by atoms with Gasteiger partial charge in [0.2, 0.25) is 0 Å².